The van der Waals surface area contributed by atoms with Crippen molar-refractivity contribution in [3.8, 4) is 0 Å². The quantitative estimate of drug-likeness (QED) is 0.685. The Morgan fingerprint density at radius 1 is 1.48 bits per heavy atom. The molecule has 3 nitrogen and oxygen atoms in total. The summed E-state index contributed by atoms with van der Waals surface area (Å²) >= 11 is 1.79. The third-order valence-corrected chi connectivity index (χ3v) is 5.16. The van der Waals surface area contributed by atoms with Crippen LogP contribution in [-0.4, -0.2) is 37.6 Å². The van der Waals surface area contributed by atoms with Gasteiger partial charge in [-0.25, -0.2) is 0 Å². The Balaban J connectivity index is 1.66. The van der Waals surface area contributed by atoms with Gasteiger partial charge in [0.1, 0.15) is 0 Å². The molecule has 2 rings (SSSR count). The Bertz CT molecular complexity index is 405. The highest BCUT2D eigenvalue weighted by atomic mass is 32.1. The van der Waals surface area contributed by atoms with Crippen LogP contribution < -0.4 is 0 Å². The molecule has 0 unspecified atom stereocenters. The van der Waals surface area contributed by atoms with E-state index in [0.717, 1.165) is 45.4 Å². The number of thiophene rings is 1. The zero-order chi connectivity index (χ0) is 14.9. The minimum atomic E-state index is 0.350. The number of carbonyl (C=O) groups is 1. The normalized spacial score (nSPS) is 18.9. The van der Waals surface area contributed by atoms with Crippen LogP contribution in [-0.2, 0) is 16.0 Å². The van der Waals surface area contributed by atoms with E-state index >= 15 is 0 Å². The molecule has 118 valence electrons. The molecule has 1 amide bonds. The summed E-state index contributed by atoms with van der Waals surface area (Å²) in [4.78, 5) is 15.8. The Hall–Kier alpha value is -0.870. The number of nitrogens with zero attached hydrogens (tertiary/aromatic N) is 1. The molecule has 4 heteroatoms. The monoisotopic (exact) mass is 309 g/mol. The molecule has 1 aromatic heterocycles. The van der Waals surface area contributed by atoms with E-state index in [2.05, 4.69) is 22.4 Å². The number of methoxy groups -OCH3 is 1. The van der Waals surface area contributed by atoms with E-state index in [9.17, 15) is 4.79 Å². The lowest BCUT2D eigenvalue weighted by Gasteiger charge is -2.33. The standard InChI is InChI=1S/C17H27NO2S/c1-20-12-4-7-15-6-3-11-18(14-15)17(19)10-2-8-16-9-5-13-21-16/h5,9,13,15H,2-4,6-8,10-12,14H2,1H3/t15-/m1/s1. The van der Waals surface area contributed by atoms with Crippen LogP contribution in [0.15, 0.2) is 17.5 Å². The van der Waals surface area contributed by atoms with Crippen molar-refractivity contribution in [1.82, 2.24) is 4.90 Å². The van der Waals surface area contributed by atoms with E-state index in [1.54, 1.807) is 18.4 Å². The highest BCUT2D eigenvalue weighted by molar-refractivity contribution is 7.09. The molecule has 0 N–H and O–H groups in total. The molecule has 0 radical (unpaired) electrons. The molecular formula is C17H27NO2S. The second-order valence-corrected chi connectivity index (χ2v) is 6.95. The number of likely N-dealkylation sites (tertiary alicyclic amines) is 1. The molecular weight excluding hydrogens is 282 g/mol. The summed E-state index contributed by atoms with van der Waals surface area (Å²) in [5.74, 6) is 1.03. The highest BCUT2D eigenvalue weighted by Gasteiger charge is 2.22. The van der Waals surface area contributed by atoms with Crippen LogP contribution in [0.3, 0.4) is 0 Å². The maximum absolute atomic E-state index is 12.3. The van der Waals surface area contributed by atoms with Crippen molar-refractivity contribution in [3.63, 3.8) is 0 Å². The van der Waals surface area contributed by atoms with E-state index in [4.69, 9.17) is 4.74 Å². The molecule has 1 fully saturated rings. The minimum Gasteiger partial charge on any atom is -0.385 e. The summed E-state index contributed by atoms with van der Waals surface area (Å²) in [5, 5.41) is 2.10. The van der Waals surface area contributed by atoms with Gasteiger partial charge in [0.25, 0.3) is 0 Å². The van der Waals surface area contributed by atoms with E-state index in [0.29, 0.717) is 18.2 Å². The molecule has 0 bridgehead atoms. The van der Waals surface area contributed by atoms with Gasteiger partial charge in [-0.05, 0) is 55.9 Å². The number of ether oxygens (including phenoxy) is 1. The van der Waals surface area contributed by atoms with E-state index in [1.807, 2.05) is 0 Å². The van der Waals surface area contributed by atoms with Gasteiger partial charge in [0.15, 0.2) is 0 Å². The van der Waals surface area contributed by atoms with Gasteiger partial charge in [0.2, 0.25) is 5.91 Å². The first kappa shape index (κ1) is 16.5. The van der Waals surface area contributed by atoms with E-state index < -0.39 is 0 Å². The van der Waals surface area contributed by atoms with Crippen LogP contribution >= 0.6 is 11.3 Å². The number of rotatable bonds is 8. The van der Waals surface area contributed by atoms with Crippen molar-refractivity contribution in [1.29, 1.82) is 0 Å². The molecule has 0 saturated carbocycles. The molecule has 1 aliphatic heterocycles. The summed E-state index contributed by atoms with van der Waals surface area (Å²) in [6.07, 6.45) is 7.44. The zero-order valence-electron chi connectivity index (χ0n) is 13.1. The van der Waals surface area contributed by atoms with Gasteiger partial charge in [-0.2, -0.15) is 0 Å². The van der Waals surface area contributed by atoms with Crippen molar-refractivity contribution >= 4 is 17.2 Å². The maximum Gasteiger partial charge on any atom is 0.222 e. The van der Waals surface area contributed by atoms with Gasteiger partial charge in [-0.1, -0.05) is 6.07 Å². The molecule has 1 saturated heterocycles. The van der Waals surface area contributed by atoms with Gasteiger partial charge < -0.3 is 9.64 Å². The van der Waals surface area contributed by atoms with Gasteiger partial charge in [-0.15, -0.1) is 11.3 Å². The van der Waals surface area contributed by atoms with Gasteiger partial charge in [0.05, 0.1) is 0 Å². The SMILES string of the molecule is COCCC[C@H]1CCCN(C(=O)CCCc2cccs2)C1. The summed E-state index contributed by atoms with van der Waals surface area (Å²) in [6.45, 7) is 2.76. The summed E-state index contributed by atoms with van der Waals surface area (Å²) in [5.41, 5.74) is 0. The summed E-state index contributed by atoms with van der Waals surface area (Å²) in [6, 6.07) is 4.24. The van der Waals surface area contributed by atoms with Gasteiger partial charge in [-0.3, -0.25) is 4.79 Å². The predicted octanol–water partition coefficient (Wildman–Crippen LogP) is 3.74. The first-order chi connectivity index (χ1) is 10.3. The number of carbonyl (C=O) groups excluding carboxylic acids is 1. The van der Waals surface area contributed by atoms with Crippen molar-refractivity contribution in [2.75, 3.05) is 26.8 Å². The van der Waals surface area contributed by atoms with Crippen LogP contribution in [0.2, 0.25) is 0 Å². The molecule has 21 heavy (non-hydrogen) atoms. The third-order valence-electron chi connectivity index (χ3n) is 4.23. The first-order valence-corrected chi connectivity index (χ1v) is 8.96. The van der Waals surface area contributed by atoms with E-state index in [-0.39, 0.29) is 0 Å². The maximum atomic E-state index is 12.3. The molecule has 1 atom stereocenters. The molecule has 0 spiro atoms. The lowest BCUT2D eigenvalue weighted by Crippen LogP contribution is -2.39. The number of hydrogen-bond acceptors (Lipinski definition) is 3. The van der Waals surface area contributed by atoms with Crippen LogP contribution in [0.1, 0.15) is 43.4 Å². The number of piperidine rings is 1. The van der Waals surface area contributed by atoms with E-state index in [1.165, 1.54) is 17.7 Å². The lowest BCUT2D eigenvalue weighted by atomic mass is 9.93. The van der Waals surface area contributed by atoms with Gasteiger partial charge >= 0.3 is 0 Å². The average molecular weight is 309 g/mol. The van der Waals surface area contributed by atoms with Crippen LogP contribution in [0.5, 0.6) is 0 Å². The van der Waals surface area contributed by atoms with Crippen LogP contribution in [0.4, 0.5) is 0 Å². The summed E-state index contributed by atoms with van der Waals surface area (Å²) in [7, 11) is 1.75. The number of aryl methyl sites for hydroxylation is 1. The van der Waals surface area contributed by atoms with Crippen molar-refractivity contribution in [3.05, 3.63) is 22.4 Å². The molecule has 1 aliphatic rings. The third kappa shape index (κ3) is 5.79. The van der Waals surface area contributed by atoms with Gasteiger partial charge in [0, 0.05) is 38.1 Å². The fraction of sp³-hybridized carbons (Fsp3) is 0.706. The number of hydrogen-bond donors (Lipinski definition) is 0. The van der Waals surface area contributed by atoms with Crippen LogP contribution in [0, 0.1) is 5.92 Å². The zero-order valence-corrected chi connectivity index (χ0v) is 13.9. The lowest BCUT2D eigenvalue weighted by molar-refractivity contribution is -0.133. The fourth-order valence-electron chi connectivity index (χ4n) is 3.07. The molecule has 0 aromatic carbocycles. The Kier molecular flexibility index (Phi) is 7.24. The minimum absolute atomic E-state index is 0.350. The molecule has 1 aromatic rings. The predicted molar refractivity (Wildman–Crippen MR) is 87.7 cm³/mol. The topological polar surface area (TPSA) is 29.5 Å². The number of amides is 1. The molecule has 2 heterocycles. The van der Waals surface area contributed by atoms with Crippen molar-refractivity contribution in [2.24, 2.45) is 5.92 Å². The highest BCUT2D eigenvalue weighted by Crippen LogP contribution is 2.22. The summed E-state index contributed by atoms with van der Waals surface area (Å²) < 4.78 is 5.12. The van der Waals surface area contributed by atoms with Crippen LogP contribution in [0.25, 0.3) is 0 Å². The Morgan fingerprint density at radius 2 is 2.38 bits per heavy atom. The van der Waals surface area contributed by atoms with Crippen molar-refractivity contribution in [2.45, 2.75) is 44.9 Å². The second kappa shape index (κ2) is 9.21. The fourth-order valence-corrected chi connectivity index (χ4v) is 3.82. The largest absolute Gasteiger partial charge is 0.385 e. The molecule has 0 aliphatic carbocycles. The second-order valence-electron chi connectivity index (χ2n) is 5.92. The Morgan fingerprint density at radius 3 is 3.14 bits per heavy atom. The average Bonchev–Trinajstić information content (AvgIpc) is 3.01. The first-order valence-electron chi connectivity index (χ1n) is 8.08. The van der Waals surface area contributed by atoms with Crippen molar-refractivity contribution < 1.29 is 9.53 Å². The smallest absolute Gasteiger partial charge is 0.222 e. The Labute approximate surface area is 132 Å².